The topological polar surface area (TPSA) is 29.5 Å². The van der Waals surface area contributed by atoms with Crippen LogP contribution in [-0.2, 0) is 0 Å². The molecule has 0 fully saturated rings. The Kier molecular flexibility index (Phi) is 6.65. The summed E-state index contributed by atoms with van der Waals surface area (Å²) in [7, 11) is 1.65. The number of benzene rings is 1. The lowest BCUT2D eigenvalue weighted by molar-refractivity contribution is 0.145. The highest BCUT2D eigenvalue weighted by Gasteiger charge is 2.12. The third-order valence-electron chi connectivity index (χ3n) is 3.34. The van der Waals surface area contributed by atoms with Gasteiger partial charge in [0.2, 0.25) is 0 Å². The molecule has 0 heterocycles. The van der Waals surface area contributed by atoms with Crippen LogP contribution in [0.3, 0.4) is 0 Å². The van der Waals surface area contributed by atoms with Crippen LogP contribution in [0.1, 0.15) is 51.7 Å². The summed E-state index contributed by atoms with van der Waals surface area (Å²) in [6, 6.07) is 7.66. The molecule has 2 nitrogen and oxygen atoms in total. The van der Waals surface area contributed by atoms with Gasteiger partial charge in [-0.1, -0.05) is 30.7 Å². The highest BCUT2D eigenvalue weighted by Crippen LogP contribution is 2.25. The van der Waals surface area contributed by atoms with E-state index in [1.165, 1.54) is 5.57 Å². The number of allylic oxidation sites excluding steroid dienone is 2. The molecule has 106 valence electrons. The molecule has 0 aliphatic carbocycles. The van der Waals surface area contributed by atoms with Crippen LogP contribution in [0, 0.1) is 5.92 Å². The van der Waals surface area contributed by atoms with Gasteiger partial charge in [0, 0.05) is 0 Å². The van der Waals surface area contributed by atoms with Crippen LogP contribution in [0.2, 0.25) is 0 Å². The molecule has 1 aromatic rings. The molecular formula is C17H26O2. The maximum Gasteiger partial charge on any atom is 0.118 e. The van der Waals surface area contributed by atoms with E-state index in [1.54, 1.807) is 7.11 Å². The molecule has 0 spiro atoms. The maximum absolute atomic E-state index is 10.2. The first kappa shape index (κ1) is 15.8. The van der Waals surface area contributed by atoms with Gasteiger partial charge in [-0.15, -0.1) is 0 Å². The molecule has 2 heteroatoms. The van der Waals surface area contributed by atoms with Crippen LogP contribution in [0.4, 0.5) is 0 Å². The van der Waals surface area contributed by atoms with E-state index < -0.39 is 0 Å². The summed E-state index contributed by atoms with van der Waals surface area (Å²) >= 11 is 0. The molecule has 0 saturated heterocycles. The van der Waals surface area contributed by atoms with Crippen molar-refractivity contribution in [2.45, 2.75) is 46.1 Å². The minimum Gasteiger partial charge on any atom is -0.497 e. The number of ether oxygens (including phenoxy) is 1. The van der Waals surface area contributed by atoms with Crippen LogP contribution in [0.15, 0.2) is 35.9 Å². The predicted molar refractivity (Wildman–Crippen MR) is 80.4 cm³/mol. The molecule has 2 atom stereocenters. The maximum atomic E-state index is 10.2. The summed E-state index contributed by atoms with van der Waals surface area (Å²) in [4.78, 5) is 0. The SMILES string of the molecule is COc1ccc(C(O)CC(C)CCC=C(C)C)cc1. The highest BCUT2D eigenvalue weighted by atomic mass is 16.5. The number of rotatable bonds is 7. The Hall–Kier alpha value is -1.28. The lowest BCUT2D eigenvalue weighted by atomic mass is 9.94. The summed E-state index contributed by atoms with van der Waals surface area (Å²) in [5.74, 6) is 1.35. The van der Waals surface area contributed by atoms with E-state index in [0.29, 0.717) is 5.92 Å². The second-order valence-corrected chi connectivity index (χ2v) is 5.49. The lowest BCUT2D eigenvalue weighted by Crippen LogP contribution is -2.04. The molecule has 1 N–H and O–H groups in total. The van der Waals surface area contributed by atoms with Crippen LogP contribution in [0.5, 0.6) is 5.75 Å². The van der Waals surface area contributed by atoms with Gasteiger partial charge in [0.1, 0.15) is 5.75 Å². The second-order valence-electron chi connectivity index (χ2n) is 5.49. The zero-order valence-electron chi connectivity index (χ0n) is 12.5. The van der Waals surface area contributed by atoms with Crippen molar-refractivity contribution < 1.29 is 9.84 Å². The van der Waals surface area contributed by atoms with Gasteiger partial charge in [-0.2, -0.15) is 0 Å². The molecule has 1 rings (SSSR count). The molecule has 0 aliphatic heterocycles. The number of hydrogen-bond donors (Lipinski definition) is 1. The third-order valence-corrected chi connectivity index (χ3v) is 3.34. The van der Waals surface area contributed by atoms with Crippen molar-refractivity contribution >= 4 is 0 Å². The minimum atomic E-state index is -0.382. The molecule has 2 unspecified atom stereocenters. The molecule has 19 heavy (non-hydrogen) atoms. The van der Waals surface area contributed by atoms with Crippen molar-refractivity contribution in [1.82, 2.24) is 0 Å². The Morgan fingerprint density at radius 3 is 2.42 bits per heavy atom. The normalized spacial score (nSPS) is 13.7. The van der Waals surface area contributed by atoms with E-state index in [0.717, 1.165) is 30.6 Å². The molecule has 0 radical (unpaired) electrons. The van der Waals surface area contributed by atoms with Crippen molar-refractivity contribution in [3.63, 3.8) is 0 Å². The molecule has 0 aliphatic rings. The standard InChI is InChI=1S/C17H26O2/c1-13(2)6-5-7-14(3)12-17(18)15-8-10-16(19-4)11-9-15/h6,8-11,14,17-18H,5,7,12H2,1-4H3. The van der Waals surface area contributed by atoms with Crippen LogP contribution in [-0.4, -0.2) is 12.2 Å². The van der Waals surface area contributed by atoms with Gasteiger partial charge >= 0.3 is 0 Å². The van der Waals surface area contributed by atoms with Crippen molar-refractivity contribution in [2.75, 3.05) is 7.11 Å². The average molecular weight is 262 g/mol. The molecule has 0 saturated carbocycles. The molecule has 0 amide bonds. The van der Waals surface area contributed by atoms with E-state index >= 15 is 0 Å². The fraction of sp³-hybridized carbons (Fsp3) is 0.529. The zero-order chi connectivity index (χ0) is 14.3. The van der Waals surface area contributed by atoms with Gasteiger partial charge < -0.3 is 9.84 Å². The fourth-order valence-electron chi connectivity index (χ4n) is 2.12. The van der Waals surface area contributed by atoms with E-state index in [-0.39, 0.29) is 6.10 Å². The minimum absolute atomic E-state index is 0.382. The van der Waals surface area contributed by atoms with E-state index in [1.807, 2.05) is 24.3 Å². The first-order valence-electron chi connectivity index (χ1n) is 6.98. The fourth-order valence-corrected chi connectivity index (χ4v) is 2.12. The van der Waals surface area contributed by atoms with Crippen LogP contribution in [0.25, 0.3) is 0 Å². The van der Waals surface area contributed by atoms with Crippen molar-refractivity contribution in [3.8, 4) is 5.75 Å². The number of aliphatic hydroxyl groups is 1. The van der Waals surface area contributed by atoms with E-state index in [4.69, 9.17) is 4.74 Å². The Morgan fingerprint density at radius 1 is 1.26 bits per heavy atom. The smallest absolute Gasteiger partial charge is 0.118 e. The van der Waals surface area contributed by atoms with Gasteiger partial charge in [-0.25, -0.2) is 0 Å². The van der Waals surface area contributed by atoms with Gasteiger partial charge in [-0.3, -0.25) is 0 Å². The first-order valence-corrected chi connectivity index (χ1v) is 6.98. The Balaban J connectivity index is 2.44. The van der Waals surface area contributed by atoms with Crippen LogP contribution < -0.4 is 4.74 Å². The molecular weight excluding hydrogens is 236 g/mol. The summed E-state index contributed by atoms with van der Waals surface area (Å²) in [6.45, 7) is 6.44. The van der Waals surface area contributed by atoms with Gasteiger partial charge in [0.15, 0.2) is 0 Å². The summed E-state index contributed by atoms with van der Waals surface area (Å²) in [6.07, 6.45) is 4.91. The summed E-state index contributed by atoms with van der Waals surface area (Å²) in [5.41, 5.74) is 2.33. The first-order chi connectivity index (χ1) is 9.02. The molecule has 0 bridgehead atoms. The van der Waals surface area contributed by atoms with Gasteiger partial charge in [0.05, 0.1) is 13.2 Å². The quantitative estimate of drug-likeness (QED) is 0.733. The van der Waals surface area contributed by atoms with E-state index in [2.05, 4.69) is 26.8 Å². The third kappa shape index (κ3) is 5.93. The van der Waals surface area contributed by atoms with Crippen LogP contribution >= 0.6 is 0 Å². The lowest BCUT2D eigenvalue weighted by Gasteiger charge is -2.16. The van der Waals surface area contributed by atoms with Crippen molar-refractivity contribution in [2.24, 2.45) is 5.92 Å². The number of aliphatic hydroxyl groups excluding tert-OH is 1. The summed E-state index contributed by atoms with van der Waals surface area (Å²) in [5, 5.41) is 10.2. The number of methoxy groups -OCH3 is 1. The zero-order valence-corrected chi connectivity index (χ0v) is 12.5. The second kappa shape index (κ2) is 8.00. The van der Waals surface area contributed by atoms with Gasteiger partial charge in [-0.05, 0) is 56.7 Å². The molecule has 1 aromatic carbocycles. The Labute approximate surface area is 117 Å². The predicted octanol–water partition coefficient (Wildman–Crippen LogP) is 4.50. The van der Waals surface area contributed by atoms with Crippen molar-refractivity contribution in [3.05, 3.63) is 41.5 Å². The molecule has 0 aromatic heterocycles. The number of hydrogen-bond acceptors (Lipinski definition) is 2. The van der Waals surface area contributed by atoms with E-state index in [9.17, 15) is 5.11 Å². The Morgan fingerprint density at radius 2 is 1.89 bits per heavy atom. The monoisotopic (exact) mass is 262 g/mol. The van der Waals surface area contributed by atoms with Crippen molar-refractivity contribution in [1.29, 1.82) is 0 Å². The van der Waals surface area contributed by atoms with Gasteiger partial charge in [0.25, 0.3) is 0 Å². The highest BCUT2D eigenvalue weighted by molar-refractivity contribution is 5.28. The Bertz CT molecular complexity index is 388. The summed E-state index contributed by atoms with van der Waals surface area (Å²) < 4.78 is 5.12. The largest absolute Gasteiger partial charge is 0.497 e. The average Bonchev–Trinajstić information content (AvgIpc) is 2.38.